The summed E-state index contributed by atoms with van der Waals surface area (Å²) in [5.74, 6) is 0.671. The van der Waals surface area contributed by atoms with Gasteiger partial charge in [-0.15, -0.1) is 0 Å². The lowest BCUT2D eigenvalue weighted by Gasteiger charge is -2.25. The topological polar surface area (TPSA) is 42.2 Å². The molecule has 0 aliphatic rings. The fourth-order valence-corrected chi connectivity index (χ4v) is 6.52. The summed E-state index contributed by atoms with van der Waals surface area (Å²) >= 11 is 0. The van der Waals surface area contributed by atoms with Crippen molar-refractivity contribution in [1.29, 1.82) is 0 Å². The quantitative estimate of drug-likeness (QED) is 0.187. The van der Waals surface area contributed by atoms with Gasteiger partial charge in [0.25, 0.3) is 0 Å². The standard InChI is InChI=1S/C44H29N3O/c1-4-12-30(13-5-1)31-20-23-35(24-21-31)47(34-16-8-3-9-17-34)36-25-27-41-39(29-36)37-26-22-33(28-42(37)48-41)44-45-40-19-11-10-18-38(40)43(46-44)32-14-6-2-7-15-32/h1-29H. The summed E-state index contributed by atoms with van der Waals surface area (Å²) in [5, 5.41) is 3.13. The molecule has 2 aromatic heterocycles. The van der Waals surface area contributed by atoms with Crippen LogP contribution >= 0.6 is 0 Å². The highest BCUT2D eigenvalue weighted by Gasteiger charge is 2.17. The van der Waals surface area contributed by atoms with Crippen molar-refractivity contribution in [3.05, 3.63) is 176 Å². The number of aromatic nitrogens is 2. The SMILES string of the molecule is c1ccc(-c2ccc(N(c3ccccc3)c3ccc4oc5cc(-c6nc(-c7ccccc7)c7ccccc7n6)ccc5c4c3)cc2)cc1. The molecule has 2 heterocycles. The lowest BCUT2D eigenvalue weighted by atomic mass is 10.0. The highest BCUT2D eigenvalue weighted by molar-refractivity contribution is 6.07. The number of hydrogen-bond donors (Lipinski definition) is 0. The van der Waals surface area contributed by atoms with Gasteiger partial charge in [0.2, 0.25) is 0 Å². The fraction of sp³-hybridized carbons (Fsp3) is 0. The van der Waals surface area contributed by atoms with Crippen LogP contribution in [0.4, 0.5) is 17.1 Å². The molecule has 0 radical (unpaired) electrons. The van der Waals surface area contributed by atoms with E-state index in [4.69, 9.17) is 14.4 Å². The van der Waals surface area contributed by atoms with Crippen LogP contribution in [0.1, 0.15) is 0 Å². The smallest absolute Gasteiger partial charge is 0.160 e. The average Bonchev–Trinajstić information content (AvgIpc) is 3.53. The summed E-state index contributed by atoms with van der Waals surface area (Å²) in [6, 6.07) is 60.9. The average molecular weight is 616 g/mol. The normalized spacial score (nSPS) is 11.3. The first-order valence-electron chi connectivity index (χ1n) is 16.1. The molecule has 0 aliphatic heterocycles. The zero-order valence-corrected chi connectivity index (χ0v) is 26.0. The molecule has 0 unspecified atom stereocenters. The van der Waals surface area contributed by atoms with Crippen molar-refractivity contribution in [3.63, 3.8) is 0 Å². The summed E-state index contributed by atoms with van der Waals surface area (Å²) < 4.78 is 6.45. The number of anilines is 3. The van der Waals surface area contributed by atoms with Crippen molar-refractivity contribution in [3.8, 4) is 33.8 Å². The molecule has 226 valence electrons. The maximum absolute atomic E-state index is 6.45. The van der Waals surface area contributed by atoms with Crippen LogP contribution in [0.25, 0.3) is 66.6 Å². The lowest BCUT2D eigenvalue weighted by Crippen LogP contribution is -2.09. The molecule has 7 aromatic carbocycles. The minimum atomic E-state index is 0.671. The van der Waals surface area contributed by atoms with Gasteiger partial charge in [-0.3, -0.25) is 0 Å². The van der Waals surface area contributed by atoms with E-state index < -0.39 is 0 Å². The molecule has 0 amide bonds. The van der Waals surface area contributed by atoms with E-state index in [0.29, 0.717) is 5.82 Å². The molecule has 0 N–H and O–H groups in total. The predicted molar refractivity (Wildman–Crippen MR) is 198 cm³/mol. The van der Waals surface area contributed by atoms with Crippen LogP contribution in [0.3, 0.4) is 0 Å². The van der Waals surface area contributed by atoms with Crippen molar-refractivity contribution in [1.82, 2.24) is 9.97 Å². The molecule has 9 aromatic rings. The summed E-state index contributed by atoms with van der Waals surface area (Å²) in [5.41, 5.74) is 11.0. The van der Waals surface area contributed by atoms with E-state index in [1.54, 1.807) is 0 Å². The highest BCUT2D eigenvalue weighted by Crippen LogP contribution is 2.40. The van der Waals surface area contributed by atoms with E-state index >= 15 is 0 Å². The van der Waals surface area contributed by atoms with Crippen LogP contribution < -0.4 is 4.90 Å². The first-order chi connectivity index (χ1) is 23.8. The minimum Gasteiger partial charge on any atom is -0.456 e. The largest absolute Gasteiger partial charge is 0.456 e. The Bertz CT molecular complexity index is 2540. The molecule has 0 atom stereocenters. The second-order valence-electron chi connectivity index (χ2n) is 11.9. The molecular weight excluding hydrogens is 587 g/mol. The van der Waals surface area contributed by atoms with Crippen LogP contribution in [0.2, 0.25) is 0 Å². The van der Waals surface area contributed by atoms with Gasteiger partial charge < -0.3 is 9.32 Å². The molecule has 4 nitrogen and oxygen atoms in total. The van der Waals surface area contributed by atoms with E-state index in [1.165, 1.54) is 11.1 Å². The highest BCUT2D eigenvalue weighted by atomic mass is 16.3. The van der Waals surface area contributed by atoms with Gasteiger partial charge in [-0.2, -0.15) is 0 Å². The third-order valence-electron chi connectivity index (χ3n) is 8.87. The number of nitrogens with zero attached hydrogens (tertiary/aromatic N) is 3. The van der Waals surface area contributed by atoms with E-state index in [1.807, 2.05) is 48.5 Å². The molecule has 0 saturated carbocycles. The van der Waals surface area contributed by atoms with Gasteiger partial charge in [0.1, 0.15) is 11.2 Å². The summed E-state index contributed by atoms with van der Waals surface area (Å²) in [6.45, 7) is 0. The third-order valence-corrected chi connectivity index (χ3v) is 8.87. The second kappa shape index (κ2) is 11.7. The first-order valence-corrected chi connectivity index (χ1v) is 16.1. The van der Waals surface area contributed by atoms with E-state index in [9.17, 15) is 0 Å². The van der Waals surface area contributed by atoms with E-state index in [-0.39, 0.29) is 0 Å². The van der Waals surface area contributed by atoms with Crippen LogP contribution in [0.5, 0.6) is 0 Å². The maximum Gasteiger partial charge on any atom is 0.160 e. The van der Waals surface area contributed by atoms with Gasteiger partial charge in [0, 0.05) is 44.3 Å². The van der Waals surface area contributed by atoms with Crippen molar-refractivity contribution < 1.29 is 4.42 Å². The number of furan rings is 1. The first kappa shape index (κ1) is 27.8. The molecule has 0 spiro atoms. The molecule has 0 saturated heterocycles. The molecule has 0 bridgehead atoms. The second-order valence-corrected chi connectivity index (χ2v) is 11.9. The maximum atomic E-state index is 6.45. The van der Waals surface area contributed by atoms with E-state index in [2.05, 4.69) is 132 Å². The molecule has 9 rings (SSSR count). The lowest BCUT2D eigenvalue weighted by molar-refractivity contribution is 0.669. The number of para-hydroxylation sites is 2. The van der Waals surface area contributed by atoms with Crippen LogP contribution in [0, 0.1) is 0 Å². The monoisotopic (exact) mass is 615 g/mol. The van der Waals surface area contributed by atoms with Crippen molar-refractivity contribution in [2.75, 3.05) is 4.90 Å². The number of rotatable bonds is 6. The molecule has 0 fully saturated rings. The van der Waals surface area contributed by atoms with Crippen LogP contribution in [-0.4, -0.2) is 9.97 Å². The van der Waals surface area contributed by atoms with Gasteiger partial charge >= 0.3 is 0 Å². The van der Waals surface area contributed by atoms with Gasteiger partial charge in [-0.1, -0.05) is 115 Å². The molecular formula is C44H29N3O. The molecule has 48 heavy (non-hydrogen) atoms. The summed E-state index contributed by atoms with van der Waals surface area (Å²) in [7, 11) is 0. The van der Waals surface area contributed by atoms with E-state index in [0.717, 1.165) is 66.7 Å². The Hall–Kier alpha value is -6.52. The summed E-state index contributed by atoms with van der Waals surface area (Å²) in [6.07, 6.45) is 0. The Morgan fingerprint density at radius 2 is 0.979 bits per heavy atom. The number of benzene rings is 7. The van der Waals surface area contributed by atoms with Gasteiger partial charge in [-0.25, -0.2) is 9.97 Å². The van der Waals surface area contributed by atoms with Crippen molar-refractivity contribution in [2.24, 2.45) is 0 Å². The Kier molecular flexibility index (Phi) is 6.76. The Morgan fingerprint density at radius 3 is 1.75 bits per heavy atom. The van der Waals surface area contributed by atoms with Gasteiger partial charge in [0.05, 0.1) is 11.2 Å². The molecule has 0 aliphatic carbocycles. The Morgan fingerprint density at radius 1 is 0.375 bits per heavy atom. The van der Waals surface area contributed by atoms with Crippen molar-refractivity contribution >= 4 is 49.9 Å². The zero-order valence-electron chi connectivity index (χ0n) is 26.0. The van der Waals surface area contributed by atoms with Gasteiger partial charge in [0.15, 0.2) is 5.82 Å². The Labute approximate surface area is 278 Å². The minimum absolute atomic E-state index is 0.671. The number of fused-ring (bicyclic) bond motifs is 4. The zero-order chi connectivity index (χ0) is 31.9. The number of hydrogen-bond acceptors (Lipinski definition) is 4. The van der Waals surface area contributed by atoms with Gasteiger partial charge in [-0.05, 0) is 71.8 Å². The Balaban J connectivity index is 1.14. The molecule has 4 heteroatoms. The van der Waals surface area contributed by atoms with Crippen LogP contribution in [-0.2, 0) is 0 Å². The predicted octanol–water partition coefficient (Wildman–Crippen LogP) is 12.0. The fourth-order valence-electron chi connectivity index (χ4n) is 6.52. The third kappa shape index (κ3) is 4.97. The van der Waals surface area contributed by atoms with Crippen molar-refractivity contribution in [2.45, 2.75) is 0 Å². The summed E-state index contributed by atoms with van der Waals surface area (Å²) in [4.78, 5) is 12.3. The van der Waals surface area contributed by atoms with Crippen LogP contribution in [0.15, 0.2) is 180 Å².